The lowest BCUT2D eigenvalue weighted by Gasteiger charge is -2.29. The quantitative estimate of drug-likeness (QED) is 0.574. The molecule has 0 radical (unpaired) electrons. The molecule has 4 N–H and O–H groups in total. The maximum absolute atomic E-state index is 13.7. The lowest BCUT2D eigenvalue weighted by molar-refractivity contribution is -0.142. The van der Waals surface area contributed by atoms with Crippen molar-refractivity contribution in [3.8, 4) is 0 Å². The van der Waals surface area contributed by atoms with Gasteiger partial charge in [0.1, 0.15) is 5.54 Å². The Morgan fingerprint density at radius 1 is 1.06 bits per heavy atom. The molecule has 33 heavy (non-hydrogen) atoms. The third-order valence-electron chi connectivity index (χ3n) is 7.20. The van der Waals surface area contributed by atoms with E-state index in [0.29, 0.717) is 24.1 Å². The molecule has 5 rings (SSSR count). The van der Waals surface area contributed by atoms with E-state index >= 15 is 0 Å². The molecule has 0 bridgehead atoms. The van der Waals surface area contributed by atoms with Crippen molar-refractivity contribution in [2.45, 2.75) is 37.8 Å². The molecule has 0 aromatic heterocycles. The van der Waals surface area contributed by atoms with Gasteiger partial charge in [-0.3, -0.25) is 29.4 Å². The molecule has 1 spiro atoms. The maximum atomic E-state index is 13.7. The predicted octanol–water partition coefficient (Wildman–Crippen LogP) is 1.09. The Labute approximate surface area is 191 Å². The normalized spacial score (nSPS) is 27.7. The first kappa shape index (κ1) is 21.3. The Bertz CT molecular complexity index is 1160. The van der Waals surface area contributed by atoms with Crippen LogP contribution in [-0.4, -0.2) is 41.1 Å². The van der Waals surface area contributed by atoms with E-state index in [1.807, 2.05) is 55.5 Å². The van der Waals surface area contributed by atoms with Crippen LogP contribution in [0, 0.1) is 11.8 Å². The molecule has 4 atom stereocenters. The number of carbonyl (C=O) groups is 4. The van der Waals surface area contributed by atoms with Crippen molar-refractivity contribution in [3.63, 3.8) is 0 Å². The highest BCUT2D eigenvalue weighted by atomic mass is 16.2. The van der Waals surface area contributed by atoms with Gasteiger partial charge in [-0.05, 0) is 24.0 Å². The minimum Gasteiger partial charge on any atom is -0.370 e. The summed E-state index contributed by atoms with van der Waals surface area (Å²) < 4.78 is 0. The molecule has 8 nitrogen and oxygen atoms in total. The highest BCUT2D eigenvalue weighted by molar-refractivity contribution is 6.15. The van der Waals surface area contributed by atoms with E-state index < -0.39 is 29.3 Å². The summed E-state index contributed by atoms with van der Waals surface area (Å²) in [5, 5.41) is 6.18. The number of anilines is 1. The average Bonchev–Trinajstić information content (AvgIpc) is 3.37. The predicted molar refractivity (Wildman–Crippen MR) is 121 cm³/mol. The topological polar surface area (TPSA) is 122 Å². The second-order valence-corrected chi connectivity index (χ2v) is 8.94. The largest absolute Gasteiger partial charge is 0.370 e. The molecule has 2 aromatic carbocycles. The molecule has 170 valence electrons. The highest BCUT2D eigenvalue weighted by Crippen LogP contribution is 2.53. The third kappa shape index (κ3) is 3.08. The number of nitrogens with one attached hydrogen (secondary N) is 2. The number of likely N-dealkylation sites (tertiary alicyclic amines) is 1. The fourth-order valence-electron chi connectivity index (χ4n) is 5.74. The second-order valence-electron chi connectivity index (χ2n) is 8.94. The van der Waals surface area contributed by atoms with E-state index in [2.05, 4.69) is 10.6 Å². The van der Waals surface area contributed by atoms with Gasteiger partial charge in [0.25, 0.3) is 0 Å². The van der Waals surface area contributed by atoms with E-state index in [4.69, 9.17) is 5.73 Å². The number of nitrogens with two attached hydrogens (primary N) is 1. The van der Waals surface area contributed by atoms with Crippen LogP contribution in [-0.2, 0) is 37.6 Å². The van der Waals surface area contributed by atoms with Gasteiger partial charge < -0.3 is 11.1 Å². The summed E-state index contributed by atoms with van der Waals surface area (Å²) in [6.07, 6.45) is 1.08. The minimum atomic E-state index is -1.40. The van der Waals surface area contributed by atoms with Crippen LogP contribution in [0.2, 0.25) is 0 Å². The van der Waals surface area contributed by atoms with E-state index in [1.165, 1.54) is 4.90 Å². The molecule has 3 heterocycles. The van der Waals surface area contributed by atoms with Gasteiger partial charge in [-0.1, -0.05) is 55.5 Å². The van der Waals surface area contributed by atoms with E-state index in [9.17, 15) is 19.2 Å². The SMILES string of the molecule is CCc1cccc2c1NC(=O)[C@]21N[C@@H](CC(N)=O)[C@H]2C(=O)N(CCc3ccccc3)C(=O)[C@H]21. The van der Waals surface area contributed by atoms with Crippen molar-refractivity contribution < 1.29 is 19.2 Å². The van der Waals surface area contributed by atoms with Gasteiger partial charge >= 0.3 is 0 Å². The Kier molecular flexibility index (Phi) is 5.05. The fraction of sp³-hybridized carbons (Fsp3) is 0.360. The number of amides is 4. The number of para-hydroxylation sites is 1. The number of rotatable bonds is 6. The van der Waals surface area contributed by atoms with Crippen LogP contribution in [0.5, 0.6) is 0 Å². The number of aryl methyl sites for hydroxylation is 1. The Hall–Kier alpha value is -3.52. The zero-order valence-electron chi connectivity index (χ0n) is 18.3. The molecule has 0 aliphatic carbocycles. The van der Waals surface area contributed by atoms with Crippen LogP contribution in [0.3, 0.4) is 0 Å². The van der Waals surface area contributed by atoms with Gasteiger partial charge in [0.05, 0.1) is 11.8 Å². The molecular weight excluding hydrogens is 420 g/mol. The summed E-state index contributed by atoms with van der Waals surface area (Å²) in [5.41, 5.74) is 7.36. The number of imide groups is 1. The smallest absolute Gasteiger partial charge is 0.250 e. The van der Waals surface area contributed by atoms with E-state index in [0.717, 1.165) is 11.1 Å². The Morgan fingerprint density at radius 3 is 2.52 bits per heavy atom. The standard InChI is InChI=1S/C25H26N4O4/c1-2-15-9-6-10-16-21(15)27-24(33)25(16)20-19(17(28-25)13-18(26)30)22(31)29(23(20)32)12-11-14-7-4-3-5-8-14/h3-10,17,19-20,28H,2,11-13H2,1H3,(H2,26,30)(H,27,33)/t17-,19+,20-,25-/m0/s1. The van der Waals surface area contributed by atoms with Crippen LogP contribution in [0.25, 0.3) is 0 Å². The van der Waals surface area contributed by atoms with E-state index in [-0.39, 0.29) is 30.7 Å². The number of nitrogens with zero attached hydrogens (tertiary/aromatic N) is 1. The number of benzene rings is 2. The first-order valence-corrected chi connectivity index (χ1v) is 11.3. The highest BCUT2D eigenvalue weighted by Gasteiger charge is 2.70. The average molecular weight is 447 g/mol. The summed E-state index contributed by atoms with van der Waals surface area (Å²) in [4.78, 5) is 53.7. The molecule has 0 unspecified atom stereocenters. The van der Waals surface area contributed by atoms with Crippen LogP contribution in [0.15, 0.2) is 48.5 Å². The lowest BCUT2D eigenvalue weighted by Crippen LogP contribution is -2.53. The van der Waals surface area contributed by atoms with E-state index in [1.54, 1.807) is 0 Å². The maximum Gasteiger partial charge on any atom is 0.250 e. The van der Waals surface area contributed by atoms with Gasteiger partial charge in [0, 0.05) is 30.3 Å². The van der Waals surface area contributed by atoms with Crippen molar-refractivity contribution in [1.82, 2.24) is 10.2 Å². The number of primary amides is 1. The minimum absolute atomic E-state index is 0.134. The summed E-state index contributed by atoms with van der Waals surface area (Å²) in [6, 6.07) is 14.5. The summed E-state index contributed by atoms with van der Waals surface area (Å²) in [6.45, 7) is 2.21. The van der Waals surface area contributed by atoms with Crippen molar-refractivity contribution in [2.75, 3.05) is 11.9 Å². The zero-order valence-corrected chi connectivity index (χ0v) is 18.3. The monoisotopic (exact) mass is 446 g/mol. The Morgan fingerprint density at radius 2 is 1.82 bits per heavy atom. The number of fused-ring (bicyclic) bond motifs is 4. The van der Waals surface area contributed by atoms with Crippen molar-refractivity contribution in [3.05, 3.63) is 65.2 Å². The molecular formula is C25H26N4O4. The first-order valence-electron chi connectivity index (χ1n) is 11.3. The van der Waals surface area contributed by atoms with Crippen molar-refractivity contribution in [1.29, 1.82) is 0 Å². The molecule has 8 heteroatoms. The first-order chi connectivity index (χ1) is 15.9. The van der Waals surface area contributed by atoms with Gasteiger partial charge in [-0.25, -0.2) is 0 Å². The Balaban J connectivity index is 1.56. The van der Waals surface area contributed by atoms with Gasteiger partial charge in [-0.2, -0.15) is 0 Å². The van der Waals surface area contributed by atoms with Crippen LogP contribution in [0.4, 0.5) is 5.69 Å². The molecule has 2 fully saturated rings. The van der Waals surface area contributed by atoms with Crippen molar-refractivity contribution >= 4 is 29.3 Å². The molecule has 3 aliphatic rings. The summed E-state index contributed by atoms with van der Waals surface area (Å²) in [5.74, 6) is -3.46. The van der Waals surface area contributed by atoms with Gasteiger partial charge in [-0.15, -0.1) is 0 Å². The number of carbonyl (C=O) groups excluding carboxylic acids is 4. The fourth-order valence-corrected chi connectivity index (χ4v) is 5.74. The van der Waals surface area contributed by atoms with Crippen molar-refractivity contribution in [2.24, 2.45) is 17.6 Å². The zero-order chi connectivity index (χ0) is 23.3. The molecule has 2 saturated heterocycles. The molecule has 0 saturated carbocycles. The van der Waals surface area contributed by atoms with Crippen LogP contribution < -0.4 is 16.4 Å². The molecule has 2 aromatic rings. The van der Waals surface area contributed by atoms with Crippen LogP contribution in [0.1, 0.15) is 30.0 Å². The van der Waals surface area contributed by atoms with Gasteiger partial charge in [0.15, 0.2) is 0 Å². The number of hydrogen-bond donors (Lipinski definition) is 3. The number of hydrogen-bond acceptors (Lipinski definition) is 5. The molecule has 4 amide bonds. The third-order valence-corrected chi connectivity index (χ3v) is 7.20. The molecule has 3 aliphatic heterocycles. The summed E-state index contributed by atoms with van der Waals surface area (Å²) in [7, 11) is 0. The lowest BCUT2D eigenvalue weighted by atomic mass is 9.76. The van der Waals surface area contributed by atoms with Gasteiger partial charge in [0.2, 0.25) is 23.6 Å². The summed E-state index contributed by atoms with van der Waals surface area (Å²) >= 11 is 0. The van der Waals surface area contributed by atoms with Crippen LogP contribution >= 0.6 is 0 Å². The second kappa shape index (κ2) is 7.81.